The summed E-state index contributed by atoms with van der Waals surface area (Å²) in [5.74, 6) is 3.45. The Balaban J connectivity index is 2.38. The molecule has 0 saturated heterocycles. The molecule has 0 aliphatic rings. The second kappa shape index (κ2) is 7.83. The van der Waals surface area contributed by atoms with Crippen molar-refractivity contribution in [3.8, 4) is 18.1 Å². The lowest BCUT2D eigenvalue weighted by Crippen LogP contribution is -2.37. The molecule has 0 saturated carbocycles. The zero-order valence-corrected chi connectivity index (χ0v) is 11.9. The number of nitrogens with one attached hydrogen (secondary N) is 1. The average molecular weight is 261 g/mol. The number of aliphatic hydroxyl groups is 1. The fraction of sp³-hybridized carbons (Fsp3) is 0.500. The quantitative estimate of drug-likeness (QED) is 0.738. The Morgan fingerprint density at radius 2 is 2.16 bits per heavy atom. The fourth-order valence-corrected chi connectivity index (χ4v) is 1.81. The van der Waals surface area contributed by atoms with Gasteiger partial charge in [-0.1, -0.05) is 30.5 Å². The van der Waals surface area contributed by atoms with E-state index >= 15 is 0 Å². The van der Waals surface area contributed by atoms with Crippen LogP contribution < -0.4 is 10.1 Å². The molecule has 1 aromatic carbocycles. The minimum Gasteiger partial charge on any atom is -0.491 e. The van der Waals surface area contributed by atoms with Crippen molar-refractivity contribution in [1.82, 2.24) is 5.32 Å². The smallest absolute Gasteiger partial charge is 0.122 e. The molecule has 0 aliphatic carbocycles. The molecule has 0 bridgehead atoms. The zero-order chi connectivity index (χ0) is 14.3. The van der Waals surface area contributed by atoms with Gasteiger partial charge in [0.25, 0.3) is 0 Å². The predicted octanol–water partition coefficient (Wildman–Crippen LogP) is 2.04. The fourth-order valence-electron chi connectivity index (χ4n) is 1.81. The molecule has 1 rings (SSSR count). The molecule has 0 radical (unpaired) electrons. The lowest BCUT2D eigenvalue weighted by Gasteiger charge is -2.17. The molecule has 104 valence electrons. The number of benzene rings is 1. The molecule has 0 fully saturated rings. The topological polar surface area (TPSA) is 41.5 Å². The second-order valence-electron chi connectivity index (χ2n) is 4.77. The van der Waals surface area contributed by atoms with Crippen LogP contribution in [0.3, 0.4) is 0 Å². The van der Waals surface area contributed by atoms with Crippen molar-refractivity contribution in [2.45, 2.75) is 39.3 Å². The van der Waals surface area contributed by atoms with E-state index in [1.165, 1.54) is 5.56 Å². The van der Waals surface area contributed by atoms with Gasteiger partial charge in [-0.3, -0.25) is 0 Å². The molecule has 2 N–H and O–H groups in total. The minimum atomic E-state index is -0.567. The normalized spacial score (nSPS) is 13.6. The highest BCUT2D eigenvalue weighted by atomic mass is 16.5. The number of rotatable bonds is 7. The molecular formula is C16H23NO2. The Hall–Kier alpha value is -1.50. The summed E-state index contributed by atoms with van der Waals surface area (Å²) in [5.41, 5.74) is 2.28. The van der Waals surface area contributed by atoms with Crippen molar-refractivity contribution in [3.05, 3.63) is 29.3 Å². The highest BCUT2D eigenvalue weighted by Gasteiger charge is 2.09. The molecule has 3 nitrogen and oxygen atoms in total. The standard InChI is InChI=1S/C16H23NO2/c1-5-14(6-2)17-10-15(18)11-19-16-8-7-12(3)9-13(16)4/h1,7-9,14-15,17-18H,6,10-11H2,2-4H3. The van der Waals surface area contributed by atoms with Gasteiger partial charge < -0.3 is 15.2 Å². The molecule has 0 spiro atoms. The summed E-state index contributed by atoms with van der Waals surface area (Å²) in [7, 11) is 0. The van der Waals surface area contributed by atoms with Gasteiger partial charge in [-0.05, 0) is 31.9 Å². The maximum atomic E-state index is 9.84. The Morgan fingerprint density at radius 3 is 2.74 bits per heavy atom. The van der Waals surface area contributed by atoms with Crippen LogP contribution in [0.4, 0.5) is 0 Å². The van der Waals surface area contributed by atoms with E-state index in [4.69, 9.17) is 11.2 Å². The van der Waals surface area contributed by atoms with Gasteiger partial charge in [0.1, 0.15) is 18.5 Å². The lowest BCUT2D eigenvalue weighted by molar-refractivity contribution is 0.105. The van der Waals surface area contributed by atoms with Crippen molar-refractivity contribution >= 4 is 0 Å². The number of ether oxygens (including phenoxy) is 1. The van der Waals surface area contributed by atoms with Crippen LogP contribution in [0, 0.1) is 26.2 Å². The summed E-state index contributed by atoms with van der Waals surface area (Å²) in [6.07, 6.45) is 5.62. The second-order valence-corrected chi connectivity index (χ2v) is 4.77. The molecule has 0 amide bonds. The Kier molecular flexibility index (Phi) is 6.41. The number of aryl methyl sites for hydroxylation is 2. The van der Waals surface area contributed by atoms with Crippen LogP contribution in [-0.4, -0.2) is 30.4 Å². The molecule has 0 aliphatic heterocycles. The maximum Gasteiger partial charge on any atom is 0.122 e. The summed E-state index contributed by atoms with van der Waals surface area (Å²) in [6.45, 7) is 6.75. The van der Waals surface area contributed by atoms with Gasteiger partial charge in [0.05, 0.1) is 6.04 Å². The summed E-state index contributed by atoms with van der Waals surface area (Å²) in [6, 6.07) is 6.00. The molecular weight excluding hydrogens is 238 g/mol. The van der Waals surface area contributed by atoms with Crippen LogP contribution >= 0.6 is 0 Å². The Morgan fingerprint density at radius 1 is 1.42 bits per heavy atom. The van der Waals surface area contributed by atoms with Gasteiger partial charge >= 0.3 is 0 Å². The first kappa shape index (κ1) is 15.6. The number of hydrogen-bond donors (Lipinski definition) is 2. The zero-order valence-electron chi connectivity index (χ0n) is 11.9. The molecule has 3 heteroatoms. The van der Waals surface area contributed by atoms with Gasteiger partial charge in [0.2, 0.25) is 0 Å². The maximum absolute atomic E-state index is 9.84. The molecule has 0 heterocycles. The van der Waals surface area contributed by atoms with Crippen molar-refractivity contribution in [2.24, 2.45) is 0 Å². The van der Waals surface area contributed by atoms with Crippen LogP contribution in [0.5, 0.6) is 5.75 Å². The Bertz CT molecular complexity index is 437. The van der Waals surface area contributed by atoms with Crippen molar-refractivity contribution in [3.63, 3.8) is 0 Å². The van der Waals surface area contributed by atoms with Gasteiger partial charge in [-0.2, -0.15) is 0 Å². The number of hydrogen-bond acceptors (Lipinski definition) is 3. The summed E-state index contributed by atoms with van der Waals surface area (Å²) < 4.78 is 5.61. The van der Waals surface area contributed by atoms with Crippen molar-refractivity contribution in [2.75, 3.05) is 13.2 Å². The van der Waals surface area contributed by atoms with E-state index in [0.29, 0.717) is 6.54 Å². The number of aliphatic hydroxyl groups excluding tert-OH is 1. The average Bonchev–Trinajstić information content (AvgIpc) is 2.39. The van der Waals surface area contributed by atoms with Crippen molar-refractivity contribution < 1.29 is 9.84 Å². The van der Waals surface area contributed by atoms with Crippen LogP contribution in [0.15, 0.2) is 18.2 Å². The SMILES string of the molecule is C#CC(CC)NCC(O)COc1ccc(C)cc1C. The minimum absolute atomic E-state index is 0.00996. The molecule has 2 atom stereocenters. The van der Waals surface area contributed by atoms with Gasteiger partial charge in [-0.25, -0.2) is 0 Å². The van der Waals surface area contributed by atoms with E-state index in [2.05, 4.69) is 17.3 Å². The first-order valence-electron chi connectivity index (χ1n) is 6.64. The predicted molar refractivity (Wildman–Crippen MR) is 78.3 cm³/mol. The van der Waals surface area contributed by atoms with Crippen LogP contribution in [0.1, 0.15) is 24.5 Å². The highest BCUT2D eigenvalue weighted by molar-refractivity contribution is 5.35. The van der Waals surface area contributed by atoms with Gasteiger partial charge in [-0.15, -0.1) is 6.42 Å². The van der Waals surface area contributed by atoms with Crippen LogP contribution in [0.25, 0.3) is 0 Å². The monoisotopic (exact) mass is 261 g/mol. The Labute approximate surface area is 116 Å². The molecule has 0 aromatic heterocycles. The van der Waals surface area contributed by atoms with E-state index in [1.54, 1.807) is 0 Å². The molecule has 1 aromatic rings. The first-order chi connectivity index (χ1) is 9.06. The van der Waals surface area contributed by atoms with Crippen LogP contribution in [0.2, 0.25) is 0 Å². The van der Waals surface area contributed by atoms with E-state index in [9.17, 15) is 5.11 Å². The third-order valence-electron chi connectivity index (χ3n) is 2.97. The van der Waals surface area contributed by atoms with E-state index < -0.39 is 6.10 Å². The molecule has 2 unspecified atom stereocenters. The van der Waals surface area contributed by atoms with E-state index in [-0.39, 0.29) is 12.6 Å². The van der Waals surface area contributed by atoms with Gasteiger partial charge in [0, 0.05) is 6.54 Å². The van der Waals surface area contributed by atoms with Crippen molar-refractivity contribution in [1.29, 1.82) is 0 Å². The summed E-state index contributed by atoms with van der Waals surface area (Å²) >= 11 is 0. The lowest BCUT2D eigenvalue weighted by atomic mass is 10.1. The van der Waals surface area contributed by atoms with E-state index in [1.807, 2.05) is 32.9 Å². The summed E-state index contributed by atoms with van der Waals surface area (Å²) in [5, 5.41) is 13.0. The van der Waals surface area contributed by atoms with Gasteiger partial charge in [0.15, 0.2) is 0 Å². The first-order valence-corrected chi connectivity index (χ1v) is 6.64. The van der Waals surface area contributed by atoms with Crippen LogP contribution in [-0.2, 0) is 0 Å². The third-order valence-corrected chi connectivity index (χ3v) is 2.97. The highest BCUT2D eigenvalue weighted by Crippen LogP contribution is 2.18. The molecule has 19 heavy (non-hydrogen) atoms. The third kappa shape index (κ3) is 5.34. The number of terminal acetylenes is 1. The largest absolute Gasteiger partial charge is 0.491 e. The summed E-state index contributed by atoms with van der Waals surface area (Å²) in [4.78, 5) is 0. The van der Waals surface area contributed by atoms with E-state index in [0.717, 1.165) is 17.7 Å².